The second-order valence-electron chi connectivity index (χ2n) is 5.45. The number of benzene rings is 1. The molecule has 1 unspecified atom stereocenters. The molecule has 2 aromatic rings. The summed E-state index contributed by atoms with van der Waals surface area (Å²) < 4.78 is 51.2. The highest BCUT2D eigenvalue weighted by molar-refractivity contribution is 7.89. The molecule has 0 radical (unpaired) electrons. The quantitative estimate of drug-likeness (QED) is 0.883. The average Bonchev–Trinajstić information content (AvgIpc) is 3.24. The lowest BCUT2D eigenvalue weighted by atomic mass is 10.2. The van der Waals surface area contributed by atoms with Crippen LogP contribution in [0, 0.1) is 5.82 Å². The minimum absolute atomic E-state index is 0.0333. The lowest BCUT2D eigenvalue weighted by molar-refractivity contribution is 0.114. The van der Waals surface area contributed by atoms with E-state index in [-0.39, 0.29) is 23.3 Å². The van der Waals surface area contributed by atoms with Crippen LogP contribution < -0.4 is 4.74 Å². The first-order valence-corrected chi connectivity index (χ1v) is 8.79. The van der Waals surface area contributed by atoms with Gasteiger partial charge in [-0.3, -0.25) is 0 Å². The summed E-state index contributed by atoms with van der Waals surface area (Å²) in [6.07, 6.45) is 3.46. The Kier molecular flexibility index (Phi) is 4.57. The summed E-state index contributed by atoms with van der Waals surface area (Å²) in [5.41, 5.74) is 0. The molecule has 1 aliphatic rings. The first-order chi connectivity index (χ1) is 11.5. The van der Waals surface area contributed by atoms with E-state index >= 15 is 0 Å². The molecule has 0 spiro atoms. The molecule has 0 amide bonds. The van der Waals surface area contributed by atoms with Gasteiger partial charge in [-0.15, -0.1) is 0 Å². The molecule has 2 atom stereocenters. The van der Waals surface area contributed by atoms with Crippen molar-refractivity contribution in [2.45, 2.75) is 23.5 Å². The van der Waals surface area contributed by atoms with E-state index in [0.29, 0.717) is 12.2 Å². The fraction of sp³-hybridized carbons (Fsp3) is 0.400. The van der Waals surface area contributed by atoms with Gasteiger partial charge in [-0.25, -0.2) is 17.8 Å². The van der Waals surface area contributed by atoms with Gasteiger partial charge in [0.25, 0.3) is 0 Å². The van der Waals surface area contributed by atoms with Crippen LogP contribution in [0.5, 0.6) is 5.75 Å². The number of methoxy groups -OCH3 is 2. The largest absolute Gasteiger partial charge is 0.494 e. The summed E-state index contributed by atoms with van der Waals surface area (Å²) in [6, 6.07) is 3.03. The van der Waals surface area contributed by atoms with Crippen LogP contribution in [-0.4, -0.2) is 49.6 Å². The molecule has 1 fully saturated rings. The zero-order chi connectivity index (χ0) is 17.3. The number of ether oxygens (including phenoxy) is 2. The molecule has 7 nitrogen and oxygen atoms in total. The molecule has 3 rings (SSSR count). The minimum Gasteiger partial charge on any atom is -0.494 e. The van der Waals surface area contributed by atoms with Crippen LogP contribution in [0.15, 0.2) is 35.5 Å². The maximum absolute atomic E-state index is 13.6. The second-order valence-corrected chi connectivity index (χ2v) is 7.35. The molecule has 2 heterocycles. The third kappa shape index (κ3) is 2.90. The number of nitrogens with zero attached hydrogens (tertiary/aromatic N) is 2. The van der Waals surface area contributed by atoms with Crippen molar-refractivity contribution >= 4 is 10.0 Å². The van der Waals surface area contributed by atoms with Gasteiger partial charge in [-0.1, -0.05) is 0 Å². The highest BCUT2D eigenvalue weighted by atomic mass is 32.2. The Labute approximate surface area is 139 Å². The van der Waals surface area contributed by atoms with Gasteiger partial charge in [-0.2, -0.15) is 4.31 Å². The van der Waals surface area contributed by atoms with E-state index in [2.05, 4.69) is 9.97 Å². The predicted molar refractivity (Wildman–Crippen MR) is 83.6 cm³/mol. The van der Waals surface area contributed by atoms with Crippen molar-refractivity contribution in [1.82, 2.24) is 14.3 Å². The van der Waals surface area contributed by atoms with Gasteiger partial charge in [0.05, 0.1) is 24.2 Å². The van der Waals surface area contributed by atoms with Crippen LogP contribution in [-0.2, 0) is 14.8 Å². The lowest BCUT2D eigenvalue weighted by Gasteiger charge is -2.22. The zero-order valence-electron chi connectivity index (χ0n) is 13.3. The number of halogens is 1. The van der Waals surface area contributed by atoms with Gasteiger partial charge in [0.1, 0.15) is 5.82 Å². The summed E-state index contributed by atoms with van der Waals surface area (Å²) in [5.74, 6) is -0.185. The third-order valence-electron chi connectivity index (χ3n) is 4.11. The molecule has 1 aliphatic heterocycles. The molecule has 0 aliphatic carbocycles. The Morgan fingerprint density at radius 2 is 2.17 bits per heavy atom. The minimum atomic E-state index is -3.86. The Balaban J connectivity index is 2.00. The van der Waals surface area contributed by atoms with Crippen molar-refractivity contribution in [2.24, 2.45) is 0 Å². The van der Waals surface area contributed by atoms with Crippen molar-refractivity contribution < 1.29 is 22.3 Å². The zero-order valence-corrected chi connectivity index (χ0v) is 14.1. The van der Waals surface area contributed by atoms with Crippen LogP contribution in [0.3, 0.4) is 0 Å². The van der Waals surface area contributed by atoms with Crippen molar-refractivity contribution in [1.29, 1.82) is 0 Å². The number of aromatic amines is 1. The number of hydrogen-bond acceptors (Lipinski definition) is 5. The number of rotatable bonds is 5. The number of sulfonamides is 1. The maximum Gasteiger partial charge on any atom is 0.243 e. The molecule has 1 aromatic heterocycles. The standard InChI is InChI=1S/C15H18FN3O4S/c1-22-10-7-13(15-17-5-6-18-15)19(9-10)24(20,21)11-3-4-12(16)14(8-11)23-2/h3-6,8,10,13H,7,9H2,1-2H3,(H,17,18)/t10-,13?/m1/s1. The van der Waals surface area contributed by atoms with E-state index in [4.69, 9.17) is 9.47 Å². The van der Waals surface area contributed by atoms with Crippen LogP contribution in [0.1, 0.15) is 18.3 Å². The number of hydrogen-bond donors (Lipinski definition) is 1. The van der Waals surface area contributed by atoms with Crippen LogP contribution >= 0.6 is 0 Å². The van der Waals surface area contributed by atoms with Crippen LogP contribution in [0.25, 0.3) is 0 Å². The van der Waals surface area contributed by atoms with Gasteiger partial charge >= 0.3 is 0 Å². The molecule has 1 saturated heterocycles. The Bertz CT molecular complexity index is 810. The van der Waals surface area contributed by atoms with Crippen molar-refractivity contribution in [2.75, 3.05) is 20.8 Å². The molecule has 24 heavy (non-hydrogen) atoms. The summed E-state index contributed by atoms with van der Waals surface area (Å²) in [5, 5.41) is 0. The van der Waals surface area contributed by atoms with E-state index in [1.54, 1.807) is 19.5 Å². The van der Waals surface area contributed by atoms with E-state index in [1.165, 1.54) is 23.5 Å². The average molecular weight is 355 g/mol. The third-order valence-corrected chi connectivity index (χ3v) is 5.99. The van der Waals surface area contributed by atoms with E-state index in [9.17, 15) is 12.8 Å². The van der Waals surface area contributed by atoms with Crippen LogP contribution in [0.2, 0.25) is 0 Å². The summed E-state index contributed by atoms with van der Waals surface area (Å²) in [7, 11) is -1.03. The van der Waals surface area contributed by atoms with Crippen molar-refractivity contribution in [3.63, 3.8) is 0 Å². The topological polar surface area (TPSA) is 84.5 Å². The predicted octanol–water partition coefficient (Wildman–Crippen LogP) is 1.71. The number of H-pyrrole nitrogens is 1. The van der Waals surface area contributed by atoms with E-state index in [0.717, 1.165) is 6.07 Å². The van der Waals surface area contributed by atoms with E-state index in [1.807, 2.05) is 0 Å². The van der Waals surface area contributed by atoms with Gasteiger partial charge in [0.15, 0.2) is 11.6 Å². The molecular formula is C15H18FN3O4S. The normalized spacial score (nSPS) is 22.0. The molecule has 0 saturated carbocycles. The van der Waals surface area contributed by atoms with E-state index < -0.39 is 21.9 Å². The van der Waals surface area contributed by atoms with Gasteiger partial charge < -0.3 is 14.5 Å². The monoisotopic (exact) mass is 355 g/mol. The van der Waals surface area contributed by atoms with Crippen molar-refractivity contribution in [3.05, 3.63) is 42.2 Å². The Morgan fingerprint density at radius 1 is 1.38 bits per heavy atom. The Morgan fingerprint density at radius 3 is 2.79 bits per heavy atom. The molecule has 0 bridgehead atoms. The highest BCUT2D eigenvalue weighted by Gasteiger charge is 2.42. The maximum atomic E-state index is 13.6. The fourth-order valence-electron chi connectivity index (χ4n) is 2.85. The van der Waals surface area contributed by atoms with Gasteiger partial charge in [-0.05, 0) is 18.6 Å². The molecular weight excluding hydrogens is 337 g/mol. The second kappa shape index (κ2) is 6.50. The van der Waals surface area contributed by atoms with Gasteiger partial charge in [0.2, 0.25) is 10.0 Å². The Hall–Kier alpha value is -1.97. The lowest BCUT2D eigenvalue weighted by Crippen LogP contribution is -2.32. The first-order valence-electron chi connectivity index (χ1n) is 7.35. The fourth-order valence-corrected chi connectivity index (χ4v) is 4.50. The summed E-state index contributed by atoms with van der Waals surface area (Å²) in [4.78, 5) is 7.09. The van der Waals surface area contributed by atoms with Crippen molar-refractivity contribution in [3.8, 4) is 5.75 Å². The summed E-state index contributed by atoms with van der Waals surface area (Å²) >= 11 is 0. The molecule has 1 N–H and O–H groups in total. The number of nitrogens with one attached hydrogen (secondary N) is 1. The molecule has 9 heteroatoms. The smallest absolute Gasteiger partial charge is 0.243 e. The van der Waals surface area contributed by atoms with Crippen LogP contribution in [0.4, 0.5) is 4.39 Å². The molecule has 130 valence electrons. The van der Waals surface area contributed by atoms with Gasteiger partial charge in [0, 0.05) is 32.1 Å². The summed E-state index contributed by atoms with van der Waals surface area (Å²) in [6.45, 7) is 0.198. The number of aromatic nitrogens is 2. The molecule has 1 aromatic carbocycles. The SMILES string of the molecule is COc1cc(S(=O)(=O)N2C[C@H](OC)CC2c2ncc[nH]2)ccc1F. The highest BCUT2D eigenvalue weighted by Crippen LogP contribution is 2.37. The first kappa shape index (κ1) is 16.9. The number of imidazole rings is 1.